The maximum absolute atomic E-state index is 11.0. The van der Waals surface area contributed by atoms with Crippen molar-refractivity contribution in [2.75, 3.05) is 0 Å². The zero-order chi connectivity index (χ0) is 6.97. The molecule has 0 aliphatic heterocycles. The van der Waals surface area contributed by atoms with Gasteiger partial charge >= 0.3 is 0 Å². The van der Waals surface area contributed by atoms with Gasteiger partial charge in [0.05, 0.1) is 0 Å². The van der Waals surface area contributed by atoms with Gasteiger partial charge in [0.25, 0.3) is 0 Å². The number of carbonyl (C=O) groups excluding carboxylic acids is 1. The predicted octanol–water partition coefficient (Wildman–Crippen LogP) is 2.16. The summed E-state index contributed by atoms with van der Waals surface area (Å²) < 4.78 is 0. The Balaban J connectivity index is 2.03. The first kappa shape index (κ1) is 6.38. The van der Waals surface area contributed by atoms with Crippen molar-refractivity contribution in [3.05, 3.63) is 0 Å². The molecule has 0 spiro atoms. The number of ketones is 1. The number of hydrogen-bond donors (Lipinski definition) is 0. The Morgan fingerprint density at radius 3 is 2.80 bits per heavy atom. The number of carbonyl (C=O) groups is 1. The van der Waals surface area contributed by atoms with E-state index in [4.69, 9.17) is 0 Å². The summed E-state index contributed by atoms with van der Waals surface area (Å²) in [7, 11) is 0. The zero-order valence-corrected chi connectivity index (χ0v) is 6.31. The van der Waals surface area contributed by atoms with Gasteiger partial charge in [-0.1, -0.05) is 12.8 Å². The third-order valence-corrected chi connectivity index (χ3v) is 3.10. The van der Waals surface area contributed by atoms with E-state index in [9.17, 15) is 4.79 Å². The van der Waals surface area contributed by atoms with E-state index >= 15 is 0 Å². The fourth-order valence-electron chi connectivity index (χ4n) is 2.50. The van der Waals surface area contributed by atoms with Gasteiger partial charge < -0.3 is 0 Å². The Labute approximate surface area is 61.8 Å². The third-order valence-electron chi connectivity index (χ3n) is 3.10. The maximum Gasteiger partial charge on any atom is 0.133 e. The Bertz CT molecular complexity index is 151. The molecular formula is C9H14O. The summed E-state index contributed by atoms with van der Waals surface area (Å²) in [5.74, 6) is 2.24. The van der Waals surface area contributed by atoms with E-state index in [2.05, 4.69) is 0 Å². The summed E-state index contributed by atoms with van der Waals surface area (Å²) in [4.78, 5) is 11.0. The van der Waals surface area contributed by atoms with Crippen LogP contribution in [0.3, 0.4) is 0 Å². The van der Waals surface area contributed by atoms with Crippen LogP contribution in [-0.2, 0) is 4.79 Å². The fourth-order valence-corrected chi connectivity index (χ4v) is 2.50. The van der Waals surface area contributed by atoms with E-state index < -0.39 is 0 Å². The number of hydrogen-bond acceptors (Lipinski definition) is 1. The molecule has 2 fully saturated rings. The van der Waals surface area contributed by atoms with Crippen LogP contribution in [0.25, 0.3) is 0 Å². The van der Waals surface area contributed by atoms with Crippen molar-refractivity contribution >= 4 is 5.78 Å². The Morgan fingerprint density at radius 1 is 1.10 bits per heavy atom. The van der Waals surface area contributed by atoms with Crippen LogP contribution in [-0.4, -0.2) is 5.78 Å². The van der Waals surface area contributed by atoms with Crippen molar-refractivity contribution in [2.24, 2.45) is 11.8 Å². The number of fused-ring (bicyclic) bond motifs is 1. The largest absolute Gasteiger partial charge is 0.300 e. The van der Waals surface area contributed by atoms with Crippen LogP contribution < -0.4 is 0 Å². The molecule has 0 saturated heterocycles. The summed E-state index contributed by atoms with van der Waals surface area (Å²) in [5, 5.41) is 0. The average Bonchev–Trinajstić information content (AvgIpc) is 2.33. The van der Waals surface area contributed by atoms with E-state index in [1.807, 2.05) is 0 Å². The van der Waals surface area contributed by atoms with E-state index in [-0.39, 0.29) is 0 Å². The molecule has 2 rings (SSSR count). The maximum atomic E-state index is 11.0. The molecule has 1 nitrogen and oxygen atoms in total. The minimum atomic E-state index is 0.517. The second kappa shape index (κ2) is 2.37. The monoisotopic (exact) mass is 138 g/mol. The van der Waals surface area contributed by atoms with Crippen molar-refractivity contribution < 1.29 is 4.79 Å². The third kappa shape index (κ3) is 0.979. The van der Waals surface area contributed by atoms with Crippen LogP contribution in [0.5, 0.6) is 0 Å². The molecule has 0 amide bonds. The first-order valence-corrected chi connectivity index (χ1v) is 4.38. The number of rotatable bonds is 0. The molecule has 0 aromatic rings. The van der Waals surface area contributed by atoms with Crippen LogP contribution >= 0.6 is 0 Å². The van der Waals surface area contributed by atoms with Gasteiger partial charge in [-0.2, -0.15) is 0 Å². The van der Waals surface area contributed by atoms with Crippen molar-refractivity contribution in [3.63, 3.8) is 0 Å². The van der Waals surface area contributed by atoms with Crippen molar-refractivity contribution in [3.8, 4) is 0 Å². The highest BCUT2D eigenvalue weighted by molar-refractivity contribution is 5.79. The first-order valence-electron chi connectivity index (χ1n) is 4.38. The van der Waals surface area contributed by atoms with Crippen LogP contribution in [0, 0.1) is 11.8 Å². The second-order valence-electron chi connectivity index (χ2n) is 3.73. The zero-order valence-electron chi connectivity index (χ0n) is 6.31. The predicted molar refractivity (Wildman–Crippen MR) is 39.7 cm³/mol. The molecule has 56 valence electrons. The topological polar surface area (TPSA) is 17.1 Å². The van der Waals surface area contributed by atoms with Crippen molar-refractivity contribution in [1.82, 2.24) is 0 Å². The molecule has 1 heteroatoms. The molecule has 0 unspecified atom stereocenters. The van der Waals surface area contributed by atoms with Crippen LogP contribution in [0.2, 0.25) is 0 Å². The molecule has 0 aromatic heterocycles. The van der Waals surface area contributed by atoms with Gasteiger partial charge in [-0.25, -0.2) is 0 Å². The molecule has 0 heterocycles. The summed E-state index contributed by atoms with van der Waals surface area (Å²) in [6, 6.07) is 0. The summed E-state index contributed by atoms with van der Waals surface area (Å²) in [6.45, 7) is 0. The molecule has 2 saturated carbocycles. The Hall–Kier alpha value is -0.330. The van der Waals surface area contributed by atoms with Crippen LogP contribution in [0.1, 0.15) is 38.5 Å². The smallest absolute Gasteiger partial charge is 0.133 e. The molecule has 0 bridgehead atoms. The van der Waals surface area contributed by atoms with Gasteiger partial charge in [0.2, 0.25) is 0 Å². The lowest BCUT2D eigenvalue weighted by atomic mass is 9.81. The summed E-state index contributed by atoms with van der Waals surface area (Å²) in [6.07, 6.45) is 7.09. The quantitative estimate of drug-likeness (QED) is 0.501. The van der Waals surface area contributed by atoms with E-state index in [0.717, 1.165) is 24.7 Å². The Kier molecular flexibility index (Phi) is 1.51. The highest BCUT2D eigenvalue weighted by atomic mass is 16.1. The van der Waals surface area contributed by atoms with Crippen LogP contribution in [0.15, 0.2) is 0 Å². The van der Waals surface area contributed by atoms with Gasteiger partial charge in [0.15, 0.2) is 0 Å². The fraction of sp³-hybridized carbons (Fsp3) is 0.889. The molecule has 0 N–H and O–H groups in total. The lowest BCUT2D eigenvalue weighted by Gasteiger charge is -2.23. The minimum Gasteiger partial charge on any atom is -0.300 e. The second-order valence-corrected chi connectivity index (χ2v) is 3.73. The number of Topliss-reactive ketones (excluding diaryl/α,β-unsaturated/α-hetero) is 1. The lowest BCUT2D eigenvalue weighted by Crippen LogP contribution is -2.19. The first-order chi connectivity index (χ1) is 4.86. The normalized spacial score (nSPS) is 39.8. The Morgan fingerprint density at radius 2 is 1.90 bits per heavy atom. The lowest BCUT2D eigenvalue weighted by molar-refractivity contribution is -0.122. The molecule has 10 heavy (non-hydrogen) atoms. The summed E-state index contributed by atoms with van der Waals surface area (Å²) in [5.41, 5.74) is 0. The molecule has 2 atom stereocenters. The van der Waals surface area contributed by atoms with Gasteiger partial charge in [-0.3, -0.25) is 4.79 Å². The average molecular weight is 138 g/mol. The van der Waals surface area contributed by atoms with Gasteiger partial charge in [-0.05, 0) is 24.7 Å². The van der Waals surface area contributed by atoms with E-state index in [1.165, 1.54) is 25.7 Å². The summed E-state index contributed by atoms with van der Waals surface area (Å²) >= 11 is 0. The SMILES string of the molecule is O=C1CC[C@@H]2CCC[C@@H]2C1. The van der Waals surface area contributed by atoms with E-state index in [0.29, 0.717) is 5.78 Å². The molecule has 0 radical (unpaired) electrons. The molecule has 2 aliphatic carbocycles. The van der Waals surface area contributed by atoms with Crippen LogP contribution in [0.4, 0.5) is 0 Å². The van der Waals surface area contributed by atoms with Crippen molar-refractivity contribution in [1.29, 1.82) is 0 Å². The highest BCUT2D eigenvalue weighted by Gasteiger charge is 2.32. The highest BCUT2D eigenvalue weighted by Crippen LogP contribution is 2.40. The van der Waals surface area contributed by atoms with E-state index in [1.54, 1.807) is 0 Å². The molecular weight excluding hydrogens is 124 g/mol. The standard InChI is InChI=1S/C9H14O/c10-9-5-4-7-2-1-3-8(7)6-9/h7-8H,1-6H2/t7-,8+/m0/s1. The minimum absolute atomic E-state index is 0.517. The van der Waals surface area contributed by atoms with Crippen molar-refractivity contribution in [2.45, 2.75) is 38.5 Å². The van der Waals surface area contributed by atoms with Gasteiger partial charge in [-0.15, -0.1) is 0 Å². The molecule has 0 aromatic carbocycles. The van der Waals surface area contributed by atoms with Gasteiger partial charge in [0, 0.05) is 12.8 Å². The molecule has 2 aliphatic rings. The van der Waals surface area contributed by atoms with Gasteiger partial charge in [0.1, 0.15) is 5.78 Å².